The first-order chi connectivity index (χ1) is 8.18. The Morgan fingerprint density at radius 2 is 1.61 bits per heavy atom. The molecular weight excluding hydrogens is 224 g/mol. The molecule has 1 aromatic heterocycles. The minimum Gasteiger partial charge on any atom is -0.380 e. The molecule has 0 aromatic carbocycles. The van der Waals surface area contributed by atoms with Crippen LogP contribution >= 0.6 is 0 Å². The first-order valence-electron chi connectivity index (χ1n) is 6.65. The maximum atomic E-state index is 5.28. The van der Waals surface area contributed by atoms with E-state index in [2.05, 4.69) is 47.6 Å². The smallest absolute Gasteiger partial charge is 0.134 e. The van der Waals surface area contributed by atoms with Gasteiger partial charge < -0.3 is 4.74 Å². The normalized spacial score (nSPS) is 17.7. The lowest BCUT2D eigenvalue weighted by Gasteiger charge is -2.29. The van der Waals surface area contributed by atoms with E-state index in [-0.39, 0.29) is 10.8 Å². The molecule has 0 N–H and O–H groups in total. The molecule has 100 valence electrons. The third kappa shape index (κ3) is 2.72. The molecule has 1 aliphatic heterocycles. The highest BCUT2D eigenvalue weighted by atomic mass is 16.5. The standard InChI is InChI=1S/C15H24N2O/c1-14(2,3)12-7-11(10-8-18-9-10)16-13(17-12)15(4,5)6/h7,10H,8-9H2,1-6H3. The summed E-state index contributed by atoms with van der Waals surface area (Å²) >= 11 is 0. The quantitative estimate of drug-likeness (QED) is 0.765. The molecule has 3 heteroatoms. The van der Waals surface area contributed by atoms with Crippen LogP contribution in [0.2, 0.25) is 0 Å². The van der Waals surface area contributed by atoms with Crippen LogP contribution in [0.25, 0.3) is 0 Å². The van der Waals surface area contributed by atoms with Gasteiger partial charge in [-0.1, -0.05) is 41.5 Å². The van der Waals surface area contributed by atoms with Gasteiger partial charge in [-0.2, -0.15) is 0 Å². The molecule has 0 aliphatic carbocycles. The summed E-state index contributed by atoms with van der Waals surface area (Å²) in [6.07, 6.45) is 0. The molecule has 3 nitrogen and oxygen atoms in total. The Morgan fingerprint density at radius 1 is 1.00 bits per heavy atom. The summed E-state index contributed by atoms with van der Waals surface area (Å²) in [5, 5.41) is 0. The summed E-state index contributed by atoms with van der Waals surface area (Å²) in [6.45, 7) is 14.7. The topological polar surface area (TPSA) is 35.0 Å². The predicted octanol–water partition coefficient (Wildman–Crippen LogP) is 3.19. The van der Waals surface area contributed by atoms with Crippen molar-refractivity contribution in [2.24, 2.45) is 0 Å². The summed E-state index contributed by atoms with van der Waals surface area (Å²) in [5.41, 5.74) is 2.32. The minimum absolute atomic E-state index is 0.0133. The molecule has 1 fully saturated rings. The molecule has 0 bridgehead atoms. The number of aromatic nitrogens is 2. The lowest BCUT2D eigenvalue weighted by molar-refractivity contribution is 0.00643. The Balaban J connectivity index is 2.48. The second-order valence-corrected chi connectivity index (χ2v) is 7.24. The van der Waals surface area contributed by atoms with Crippen molar-refractivity contribution < 1.29 is 4.74 Å². The van der Waals surface area contributed by atoms with Gasteiger partial charge in [0.2, 0.25) is 0 Å². The van der Waals surface area contributed by atoms with Gasteiger partial charge in [0.25, 0.3) is 0 Å². The third-order valence-electron chi connectivity index (χ3n) is 3.24. The van der Waals surface area contributed by atoms with Crippen LogP contribution in [0.3, 0.4) is 0 Å². The molecule has 1 aliphatic rings. The van der Waals surface area contributed by atoms with Gasteiger partial charge in [0.1, 0.15) is 5.82 Å². The molecule has 1 aromatic rings. The summed E-state index contributed by atoms with van der Waals surface area (Å²) in [6, 6.07) is 2.16. The van der Waals surface area contributed by atoms with E-state index in [0.29, 0.717) is 5.92 Å². The summed E-state index contributed by atoms with van der Waals surface area (Å²) in [7, 11) is 0. The van der Waals surface area contributed by atoms with Gasteiger partial charge in [-0.25, -0.2) is 9.97 Å². The Labute approximate surface area is 110 Å². The highest BCUT2D eigenvalue weighted by molar-refractivity contribution is 5.23. The lowest BCUT2D eigenvalue weighted by atomic mass is 9.88. The maximum absolute atomic E-state index is 5.28. The average Bonchev–Trinajstić information content (AvgIpc) is 2.11. The summed E-state index contributed by atoms with van der Waals surface area (Å²) in [4.78, 5) is 9.51. The molecule has 2 rings (SSSR count). The zero-order valence-electron chi connectivity index (χ0n) is 12.4. The molecule has 0 amide bonds. The summed E-state index contributed by atoms with van der Waals surface area (Å²) < 4.78 is 5.28. The van der Waals surface area contributed by atoms with Crippen LogP contribution in [0.15, 0.2) is 6.07 Å². The van der Waals surface area contributed by atoms with E-state index in [1.165, 1.54) is 0 Å². The van der Waals surface area contributed by atoms with Gasteiger partial charge >= 0.3 is 0 Å². The van der Waals surface area contributed by atoms with Gasteiger partial charge in [-0.3, -0.25) is 0 Å². The Kier molecular flexibility index (Phi) is 3.22. The van der Waals surface area contributed by atoms with Gasteiger partial charge in [-0.15, -0.1) is 0 Å². The van der Waals surface area contributed by atoms with Crippen molar-refractivity contribution in [1.29, 1.82) is 0 Å². The van der Waals surface area contributed by atoms with Crippen LogP contribution in [0.4, 0.5) is 0 Å². The van der Waals surface area contributed by atoms with Crippen LogP contribution in [0.5, 0.6) is 0 Å². The van der Waals surface area contributed by atoms with Crippen LogP contribution in [-0.2, 0) is 15.6 Å². The number of ether oxygens (including phenoxy) is 1. The molecule has 2 heterocycles. The first kappa shape index (κ1) is 13.5. The second-order valence-electron chi connectivity index (χ2n) is 7.24. The van der Waals surface area contributed by atoms with Gasteiger partial charge in [0, 0.05) is 22.4 Å². The average molecular weight is 248 g/mol. The summed E-state index contributed by atoms with van der Waals surface area (Å²) in [5.74, 6) is 1.40. The molecular formula is C15H24N2O. The van der Waals surface area contributed by atoms with Crippen molar-refractivity contribution in [2.45, 2.75) is 58.3 Å². The fourth-order valence-electron chi connectivity index (χ4n) is 1.80. The van der Waals surface area contributed by atoms with Gasteiger partial charge in [0.15, 0.2) is 0 Å². The fourth-order valence-corrected chi connectivity index (χ4v) is 1.80. The van der Waals surface area contributed by atoms with E-state index in [4.69, 9.17) is 14.7 Å². The molecule has 18 heavy (non-hydrogen) atoms. The number of hydrogen-bond donors (Lipinski definition) is 0. The number of hydrogen-bond acceptors (Lipinski definition) is 3. The highest BCUT2D eigenvalue weighted by Crippen LogP contribution is 2.29. The third-order valence-corrected chi connectivity index (χ3v) is 3.24. The number of nitrogens with zero attached hydrogens (tertiary/aromatic N) is 2. The maximum Gasteiger partial charge on any atom is 0.134 e. The van der Waals surface area contributed by atoms with Gasteiger partial charge in [-0.05, 0) is 6.07 Å². The zero-order valence-corrected chi connectivity index (χ0v) is 12.4. The van der Waals surface area contributed by atoms with Crippen LogP contribution in [-0.4, -0.2) is 23.2 Å². The fraction of sp³-hybridized carbons (Fsp3) is 0.733. The highest BCUT2D eigenvalue weighted by Gasteiger charge is 2.28. The van der Waals surface area contributed by atoms with Crippen molar-refractivity contribution in [2.75, 3.05) is 13.2 Å². The number of rotatable bonds is 1. The van der Waals surface area contributed by atoms with Gasteiger partial charge in [0.05, 0.1) is 18.9 Å². The lowest BCUT2D eigenvalue weighted by Crippen LogP contribution is -2.29. The molecule has 0 spiro atoms. The van der Waals surface area contributed by atoms with E-state index >= 15 is 0 Å². The van der Waals surface area contributed by atoms with Crippen molar-refractivity contribution >= 4 is 0 Å². The molecule has 0 saturated carbocycles. The van der Waals surface area contributed by atoms with Crippen LogP contribution in [0, 0.1) is 0 Å². The molecule has 0 atom stereocenters. The molecule has 1 saturated heterocycles. The van der Waals surface area contributed by atoms with Crippen molar-refractivity contribution in [1.82, 2.24) is 9.97 Å². The van der Waals surface area contributed by atoms with Crippen LogP contribution in [0.1, 0.15) is 64.7 Å². The van der Waals surface area contributed by atoms with E-state index in [0.717, 1.165) is 30.4 Å². The Bertz CT molecular complexity index is 405. The van der Waals surface area contributed by atoms with E-state index in [1.807, 2.05) is 0 Å². The Morgan fingerprint density at radius 3 is 2.00 bits per heavy atom. The molecule has 0 radical (unpaired) electrons. The predicted molar refractivity (Wildman–Crippen MR) is 73.0 cm³/mol. The van der Waals surface area contributed by atoms with Crippen molar-refractivity contribution in [3.63, 3.8) is 0 Å². The van der Waals surface area contributed by atoms with E-state index < -0.39 is 0 Å². The minimum atomic E-state index is -0.0133. The van der Waals surface area contributed by atoms with Crippen molar-refractivity contribution in [3.8, 4) is 0 Å². The Hall–Kier alpha value is -0.960. The van der Waals surface area contributed by atoms with E-state index in [1.54, 1.807) is 0 Å². The first-order valence-corrected chi connectivity index (χ1v) is 6.65. The SMILES string of the molecule is CC(C)(C)c1cc(C2COC2)nc(C(C)(C)C)n1. The van der Waals surface area contributed by atoms with Crippen molar-refractivity contribution in [3.05, 3.63) is 23.3 Å². The monoisotopic (exact) mass is 248 g/mol. The van der Waals surface area contributed by atoms with E-state index in [9.17, 15) is 0 Å². The second kappa shape index (κ2) is 4.30. The zero-order chi connectivity index (χ0) is 13.6. The largest absolute Gasteiger partial charge is 0.380 e. The van der Waals surface area contributed by atoms with Crippen LogP contribution < -0.4 is 0 Å². The molecule has 0 unspecified atom stereocenters.